The van der Waals surface area contributed by atoms with Crippen LogP contribution in [-0.2, 0) is 17.8 Å². The molecule has 144 valence electrons. The summed E-state index contributed by atoms with van der Waals surface area (Å²) >= 11 is 0. The Kier molecular flexibility index (Phi) is 6.40. The molecule has 0 radical (unpaired) electrons. The van der Waals surface area contributed by atoms with Gasteiger partial charge in [0.15, 0.2) is 0 Å². The van der Waals surface area contributed by atoms with Crippen LogP contribution in [0.2, 0.25) is 0 Å². The number of rotatable bonds is 5. The second-order valence-corrected chi connectivity index (χ2v) is 7.38. The van der Waals surface area contributed by atoms with Crippen molar-refractivity contribution >= 4 is 11.7 Å². The summed E-state index contributed by atoms with van der Waals surface area (Å²) in [7, 11) is 2.10. The van der Waals surface area contributed by atoms with E-state index >= 15 is 0 Å². The molecule has 0 saturated carbocycles. The Morgan fingerprint density at radius 2 is 2.07 bits per heavy atom. The lowest BCUT2D eigenvalue weighted by molar-refractivity contribution is -0.130. The molecule has 1 fully saturated rings. The van der Waals surface area contributed by atoms with Crippen LogP contribution >= 0.6 is 0 Å². The molecule has 0 spiro atoms. The molecule has 2 heterocycles. The van der Waals surface area contributed by atoms with Gasteiger partial charge >= 0.3 is 0 Å². The van der Waals surface area contributed by atoms with E-state index in [4.69, 9.17) is 5.73 Å². The number of likely N-dealkylation sites (tertiary alicyclic amines) is 1. The minimum absolute atomic E-state index is 0.228. The van der Waals surface area contributed by atoms with Gasteiger partial charge in [0.1, 0.15) is 11.6 Å². The van der Waals surface area contributed by atoms with Crippen LogP contribution in [0, 0.1) is 6.92 Å². The van der Waals surface area contributed by atoms with E-state index in [2.05, 4.69) is 34.9 Å². The van der Waals surface area contributed by atoms with Gasteiger partial charge in [-0.15, -0.1) is 0 Å². The summed E-state index contributed by atoms with van der Waals surface area (Å²) < 4.78 is 0. The van der Waals surface area contributed by atoms with E-state index in [1.54, 1.807) is 12.3 Å². The normalized spacial score (nSPS) is 17.7. The number of carbonyl (C=O) groups is 1. The maximum Gasteiger partial charge on any atom is 0.227 e. The summed E-state index contributed by atoms with van der Waals surface area (Å²) in [4.78, 5) is 25.7. The fourth-order valence-electron chi connectivity index (χ4n) is 3.70. The quantitative estimate of drug-likeness (QED) is 0.878. The summed E-state index contributed by atoms with van der Waals surface area (Å²) in [5.74, 6) is 1.48. The Bertz CT molecular complexity index is 779. The molecule has 2 aromatic rings. The predicted octanol–water partition coefficient (Wildman–Crippen LogP) is 2.42. The standard InChI is InChI=1S/C21H29N5O/c1-16-6-3-4-7-17(16)14-21(27)26-12-5-8-18(10-13-26)25(2)15-20-23-11-9-19(22)24-20/h3-4,6-7,9,11,18H,5,8,10,12-15H2,1-2H3,(H2,22,23,24). The van der Waals surface area contributed by atoms with Gasteiger partial charge in [0.2, 0.25) is 5.91 Å². The smallest absolute Gasteiger partial charge is 0.227 e. The number of carbonyl (C=O) groups excluding carboxylic acids is 1. The van der Waals surface area contributed by atoms with E-state index in [1.807, 2.05) is 23.1 Å². The summed E-state index contributed by atoms with van der Waals surface area (Å²) in [6.07, 6.45) is 5.26. The molecule has 0 bridgehead atoms. The number of amides is 1. The Balaban J connectivity index is 1.55. The minimum atomic E-state index is 0.228. The van der Waals surface area contributed by atoms with Gasteiger partial charge in [-0.3, -0.25) is 9.69 Å². The number of nitrogens with two attached hydrogens (primary N) is 1. The first-order valence-electron chi connectivity index (χ1n) is 9.63. The summed E-state index contributed by atoms with van der Waals surface area (Å²) in [6.45, 7) is 4.38. The van der Waals surface area contributed by atoms with Crippen LogP contribution < -0.4 is 5.73 Å². The van der Waals surface area contributed by atoms with Crippen molar-refractivity contribution in [3.63, 3.8) is 0 Å². The third-order valence-electron chi connectivity index (χ3n) is 5.39. The predicted molar refractivity (Wildman–Crippen MR) is 107 cm³/mol. The van der Waals surface area contributed by atoms with Crippen molar-refractivity contribution in [1.29, 1.82) is 0 Å². The zero-order valence-electron chi connectivity index (χ0n) is 16.3. The topological polar surface area (TPSA) is 75.4 Å². The Morgan fingerprint density at radius 3 is 2.85 bits per heavy atom. The molecule has 6 heteroatoms. The molecule has 0 aliphatic carbocycles. The number of hydrogen-bond donors (Lipinski definition) is 1. The maximum atomic E-state index is 12.8. The zero-order valence-corrected chi connectivity index (χ0v) is 16.3. The van der Waals surface area contributed by atoms with Gasteiger partial charge in [-0.2, -0.15) is 0 Å². The lowest BCUT2D eigenvalue weighted by atomic mass is 10.1. The van der Waals surface area contributed by atoms with Gasteiger partial charge < -0.3 is 10.6 Å². The molecule has 6 nitrogen and oxygen atoms in total. The Labute approximate surface area is 161 Å². The van der Waals surface area contributed by atoms with Gasteiger partial charge in [-0.25, -0.2) is 9.97 Å². The monoisotopic (exact) mass is 367 g/mol. The molecule has 27 heavy (non-hydrogen) atoms. The highest BCUT2D eigenvalue weighted by Crippen LogP contribution is 2.19. The highest BCUT2D eigenvalue weighted by atomic mass is 16.2. The number of benzene rings is 1. The van der Waals surface area contributed by atoms with E-state index in [0.717, 1.165) is 43.7 Å². The van der Waals surface area contributed by atoms with Crippen LogP contribution in [-0.4, -0.2) is 51.9 Å². The largest absolute Gasteiger partial charge is 0.384 e. The highest BCUT2D eigenvalue weighted by molar-refractivity contribution is 5.79. The van der Waals surface area contributed by atoms with E-state index in [9.17, 15) is 4.79 Å². The van der Waals surface area contributed by atoms with Crippen LogP contribution in [0.25, 0.3) is 0 Å². The summed E-state index contributed by atoms with van der Waals surface area (Å²) in [5, 5.41) is 0. The third-order valence-corrected chi connectivity index (χ3v) is 5.39. The molecule has 1 unspecified atom stereocenters. The van der Waals surface area contributed by atoms with Crippen molar-refractivity contribution < 1.29 is 4.79 Å². The second-order valence-electron chi connectivity index (χ2n) is 7.38. The van der Waals surface area contributed by atoms with E-state index in [0.29, 0.717) is 24.8 Å². The number of nitrogen functional groups attached to an aromatic ring is 1. The Hall–Kier alpha value is -2.47. The van der Waals surface area contributed by atoms with Crippen molar-refractivity contribution in [1.82, 2.24) is 19.8 Å². The first kappa shape index (κ1) is 19.3. The molecule has 1 amide bonds. The lowest BCUT2D eigenvalue weighted by Gasteiger charge is -2.26. The molecule has 1 aromatic carbocycles. The number of hydrogen-bond acceptors (Lipinski definition) is 5. The number of anilines is 1. The van der Waals surface area contributed by atoms with Crippen LogP contribution in [0.15, 0.2) is 36.5 Å². The van der Waals surface area contributed by atoms with Gasteiger partial charge in [0.05, 0.1) is 13.0 Å². The molecule has 3 rings (SSSR count). The number of nitrogens with zero attached hydrogens (tertiary/aromatic N) is 4. The molecule has 2 N–H and O–H groups in total. The van der Waals surface area contributed by atoms with Crippen molar-refractivity contribution in [2.75, 3.05) is 25.9 Å². The van der Waals surface area contributed by atoms with Gasteiger partial charge in [-0.05, 0) is 50.4 Å². The van der Waals surface area contributed by atoms with Crippen molar-refractivity contribution in [2.24, 2.45) is 0 Å². The maximum absolute atomic E-state index is 12.8. The van der Waals surface area contributed by atoms with Gasteiger partial charge in [0, 0.05) is 25.3 Å². The lowest BCUT2D eigenvalue weighted by Crippen LogP contribution is -2.35. The van der Waals surface area contributed by atoms with Crippen LogP contribution in [0.5, 0.6) is 0 Å². The van der Waals surface area contributed by atoms with Gasteiger partial charge in [-0.1, -0.05) is 24.3 Å². The van der Waals surface area contributed by atoms with Crippen LogP contribution in [0.1, 0.15) is 36.2 Å². The molecule has 1 aliphatic heterocycles. The average molecular weight is 367 g/mol. The van der Waals surface area contributed by atoms with E-state index in [-0.39, 0.29) is 5.91 Å². The second kappa shape index (κ2) is 8.95. The Morgan fingerprint density at radius 1 is 1.26 bits per heavy atom. The average Bonchev–Trinajstić information content (AvgIpc) is 2.90. The van der Waals surface area contributed by atoms with Crippen molar-refractivity contribution in [2.45, 2.75) is 45.2 Å². The van der Waals surface area contributed by atoms with Crippen molar-refractivity contribution in [3.8, 4) is 0 Å². The van der Waals surface area contributed by atoms with Crippen LogP contribution in [0.4, 0.5) is 5.82 Å². The molecule has 1 saturated heterocycles. The molecular weight excluding hydrogens is 338 g/mol. The molecule has 1 atom stereocenters. The minimum Gasteiger partial charge on any atom is -0.384 e. The van der Waals surface area contributed by atoms with Gasteiger partial charge in [0.25, 0.3) is 0 Å². The highest BCUT2D eigenvalue weighted by Gasteiger charge is 2.23. The number of aromatic nitrogens is 2. The fraction of sp³-hybridized carbons (Fsp3) is 0.476. The molecule has 1 aromatic heterocycles. The van der Waals surface area contributed by atoms with Crippen molar-refractivity contribution in [3.05, 3.63) is 53.5 Å². The van der Waals surface area contributed by atoms with E-state index < -0.39 is 0 Å². The van der Waals surface area contributed by atoms with Crippen LogP contribution in [0.3, 0.4) is 0 Å². The fourth-order valence-corrected chi connectivity index (χ4v) is 3.70. The zero-order chi connectivity index (χ0) is 19.2. The number of aryl methyl sites for hydroxylation is 1. The first-order chi connectivity index (χ1) is 13.0. The molecule has 1 aliphatic rings. The first-order valence-corrected chi connectivity index (χ1v) is 9.63. The SMILES string of the molecule is Cc1ccccc1CC(=O)N1CCCC(N(C)Cc2nccc(N)n2)CC1. The summed E-state index contributed by atoms with van der Waals surface area (Å²) in [5.41, 5.74) is 8.05. The third kappa shape index (κ3) is 5.26. The van der Waals surface area contributed by atoms with E-state index in [1.165, 1.54) is 5.56 Å². The molecular formula is C21H29N5O. The summed E-state index contributed by atoms with van der Waals surface area (Å²) in [6, 6.07) is 10.3.